The van der Waals surface area contributed by atoms with Gasteiger partial charge in [0.05, 0.1) is 29.7 Å². The van der Waals surface area contributed by atoms with Gasteiger partial charge in [0.1, 0.15) is 0 Å². The summed E-state index contributed by atoms with van der Waals surface area (Å²) in [6, 6.07) is 14.9. The van der Waals surface area contributed by atoms with Crippen molar-refractivity contribution in [1.82, 2.24) is 0 Å². The molecular formula is C21H21NO4S. The van der Waals surface area contributed by atoms with Gasteiger partial charge in [-0.1, -0.05) is 18.2 Å². The third-order valence-corrected chi connectivity index (χ3v) is 6.73. The van der Waals surface area contributed by atoms with E-state index in [4.69, 9.17) is 9.47 Å². The average molecular weight is 383 g/mol. The minimum absolute atomic E-state index is 0.147. The summed E-state index contributed by atoms with van der Waals surface area (Å²) in [5.41, 5.74) is 1.51. The van der Waals surface area contributed by atoms with Crippen LogP contribution in [0.2, 0.25) is 0 Å². The highest BCUT2D eigenvalue weighted by Gasteiger charge is 2.55. The zero-order valence-corrected chi connectivity index (χ0v) is 15.7. The number of rotatable bonds is 4. The predicted octanol–water partition coefficient (Wildman–Crippen LogP) is 3.20. The van der Waals surface area contributed by atoms with Gasteiger partial charge in [0, 0.05) is 21.9 Å². The van der Waals surface area contributed by atoms with Gasteiger partial charge in [-0.3, -0.25) is 4.79 Å². The molecular weight excluding hydrogens is 362 g/mol. The normalized spacial score (nSPS) is 22.1. The maximum atomic E-state index is 13.3. The number of nitrogens with zero attached hydrogens (tertiary/aromatic N) is 1. The average Bonchev–Trinajstić information content (AvgIpc) is 3.53. The molecule has 2 heterocycles. The molecule has 5 rings (SSSR count). The van der Waals surface area contributed by atoms with Gasteiger partial charge in [-0.2, -0.15) is 0 Å². The van der Waals surface area contributed by atoms with E-state index in [1.54, 1.807) is 4.90 Å². The van der Waals surface area contributed by atoms with Crippen molar-refractivity contribution in [3.63, 3.8) is 0 Å². The number of carbonyl (C=O) groups is 1. The van der Waals surface area contributed by atoms with Crippen LogP contribution in [-0.2, 0) is 30.9 Å². The maximum Gasteiger partial charge on any atom is 0.292 e. The summed E-state index contributed by atoms with van der Waals surface area (Å²) in [5, 5.41) is 0. The van der Waals surface area contributed by atoms with Crippen molar-refractivity contribution in [2.24, 2.45) is 5.92 Å². The van der Waals surface area contributed by atoms with E-state index in [2.05, 4.69) is 0 Å². The SMILES string of the molecule is O=C1N(CC2CC2)c2ccc(S(=O)c3ccccc3)cc2C12OCCCO2. The largest absolute Gasteiger partial charge is 0.338 e. The molecule has 1 aliphatic carbocycles. The lowest BCUT2D eigenvalue weighted by Gasteiger charge is -2.32. The van der Waals surface area contributed by atoms with Crippen LogP contribution in [0.5, 0.6) is 0 Å². The number of anilines is 1. The lowest BCUT2D eigenvalue weighted by atomic mass is 10.1. The van der Waals surface area contributed by atoms with Gasteiger partial charge in [-0.25, -0.2) is 4.21 Å². The van der Waals surface area contributed by atoms with E-state index in [0.717, 1.165) is 29.8 Å². The first-order valence-electron chi connectivity index (χ1n) is 9.40. The standard InChI is InChI=1S/C21H21NO4S/c23-20-21(25-11-4-12-26-21)18-13-17(27(24)16-5-2-1-3-6-16)9-10-19(18)22(20)14-15-7-8-15/h1-3,5-6,9-10,13,15H,4,7-8,11-12,14H2. The third-order valence-electron chi connectivity index (χ3n) is 5.35. The smallest absolute Gasteiger partial charge is 0.292 e. The zero-order chi connectivity index (χ0) is 18.4. The molecule has 1 amide bonds. The molecule has 1 atom stereocenters. The Balaban J connectivity index is 1.58. The van der Waals surface area contributed by atoms with Crippen molar-refractivity contribution in [1.29, 1.82) is 0 Å². The van der Waals surface area contributed by atoms with Crippen molar-refractivity contribution < 1.29 is 18.5 Å². The Bertz CT molecular complexity index is 904. The van der Waals surface area contributed by atoms with Crippen LogP contribution in [0.25, 0.3) is 0 Å². The minimum Gasteiger partial charge on any atom is -0.338 e. The van der Waals surface area contributed by atoms with Crippen LogP contribution < -0.4 is 4.90 Å². The van der Waals surface area contributed by atoms with Crippen molar-refractivity contribution in [3.8, 4) is 0 Å². The number of carbonyl (C=O) groups excluding carboxylic acids is 1. The lowest BCUT2D eigenvalue weighted by Crippen LogP contribution is -2.47. The van der Waals surface area contributed by atoms with Crippen molar-refractivity contribution in [2.75, 3.05) is 24.7 Å². The molecule has 5 nitrogen and oxygen atoms in total. The Labute approximate surface area is 160 Å². The van der Waals surface area contributed by atoms with E-state index < -0.39 is 16.6 Å². The number of benzene rings is 2. The molecule has 0 radical (unpaired) electrons. The highest BCUT2D eigenvalue weighted by atomic mass is 32.2. The summed E-state index contributed by atoms with van der Waals surface area (Å²) in [7, 11) is -1.32. The molecule has 0 aromatic heterocycles. The zero-order valence-electron chi connectivity index (χ0n) is 14.9. The first-order chi connectivity index (χ1) is 13.2. The lowest BCUT2D eigenvalue weighted by molar-refractivity contribution is -0.256. The Morgan fingerprint density at radius 3 is 2.48 bits per heavy atom. The van der Waals surface area contributed by atoms with Gasteiger partial charge in [-0.05, 0) is 55.5 Å². The molecule has 0 bridgehead atoms. The van der Waals surface area contributed by atoms with Gasteiger partial charge >= 0.3 is 0 Å². The first kappa shape index (κ1) is 17.1. The molecule has 1 unspecified atom stereocenters. The van der Waals surface area contributed by atoms with Crippen molar-refractivity contribution in [2.45, 2.75) is 34.8 Å². The fourth-order valence-corrected chi connectivity index (χ4v) is 4.86. The Hall–Kier alpha value is -2.02. The first-order valence-corrected chi connectivity index (χ1v) is 10.6. The molecule has 140 valence electrons. The molecule has 2 aromatic carbocycles. The molecule has 27 heavy (non-hydrogen) atoms. The van der Waals surface area contributed by atoms with Crippen LogP contribution >= 0.6 is 0 Å². The third kappa shape index (κ3) is 2.83. The number of amides is 1. The molecule has 3 aliphatic rings. The topological polar surface area (TPSA) is 55.8 Å². The molecule has 0 N–H and O–H groups in total. The Kier molecular flexibility index (Phi) is 4.15. The number of fused-ring (bicyclic) bond motifs is 2. The minimum atomic E-state index is -1.38. The molecule has 2 aromatic rings. The van der Waals surface area contributed by atoms with Crippen LogP contribution in [0.15, 0.2) is 58.3 Å². The van der Waals surface area contributed by atoms with Crippen LogP contribution in [0.4, 0.5) is 5.69 Å². The van der Waals surface area contributed by atoms with Gasteiger partial charge in [0.15, 0.2) is 0 Å². The van der Waals surface area contributed by atoms with Crippen LogP contribution in [-0.4, -0.2) is 29.9 Å². The second-order valence-corrected chi connectivity index (χ2v) is 8.77. The molecule has 6 heteroatoms. The monoisotopic (exact) mass is 383 g/mol. The summed E-state index contributed by atoms with van der Waals surface area (Å²) < 4.78 is 24.9. The number of hydrogen-bond donors (Lipinski definition) is 0. The fraction of sp³-hybridized carbons (Fsp3) is 0.381. The van der Waals surface area contributed by atoms with Gasteiger partial charge in [0.2, 0.25) is 0 Å². The van der Waals surface area contributed by atoms with E-state index in [1.807, 2.05) is 48.5 Å². The summed E-state index contributed by atoms with van der Waals surface area (Å²) >= 11 is 0. The van der Waals surface area contributed by atoms with E-state index in [1.165, 1.54) is 0 Å². The second kappa shape index (κ2) is 6.55. The summed E-state index contributed by atoms with van der Waals surface area (Å²) in [4.78, 5) is 16.4. The van der Waals surface area contributed by atoms with Crippen molar-refractivity contribution >= 4 is 22.4 Å². The number of hydrogen-bond acceptors (Lipinski definition) is 4. The van der Waals surface area contributed by atoms with E-state index in [-0.39, 0.29) is 5.91 Å². The second-order valence-electron chi connectivity index (χ2n) is 7.29. The highest BCUT2D eigenvalue weighted by molar-refractivity contribution is 7.85. The quantitative estimate of drug-likeness (QED) is 0.814. The highest BCUT2D eigenvalue weighted by Crippen LogP contribution is 2.47. The van der Waals surface area contributed by atoms with Crippen LogP contribution in [0, 0.1) is 5.92 Å². The molecule has 1 saturated heterocycles. The van der Waals surface area contributed by atoms with E-state index in [0.29, 0.717) is 36.1 Å². The van der Waals surface area contributed by atoms with E-state index >= 15 is 0 Å². The van der Waals surface area contributed by atoms with Crippen LogP contribution in [0.3, 0.4) is 0 Å². The Morgan fingerprint density at radius 2 is 1.78 bits per heavy atom. The summed E-state index contributed by atoms with van der Waals surface area (Å²) in [5.74, 6) is -0.968. The van der Waals surface area contributed by atoms with Gasteiger partial charge in [0.25, 0.3) is 11.7 Å². The van der Waals surface area contributed by atoms with Gasteiger partial charge < -0.3 is 14.4 Å². The Morgan fingerprint density at radius 1 is 1.04 bits per heavy atom. The molecule has 2 fully saturated rings. The number of ether oxygens (including phenoxy) is 2. The predicted molar refractivity (Wildman–Crippen MR) is 101 cm³/mol. The maximum absolute atomic E-state index is 13.3. The summed E-state index contributed by atoms with van der Waals surface area (Å²) in [6.45, 7) is 1.66. The van der Waals surface area contributed by atoms with Crippen LogP contribution in [0.1, 0.15) is 24.8 Å². The summed E-state index contributed by atoms with van der Waals surface area (Å²) in [6.07, 6.45) is 3.08. The molecule has 1 saturated carbocycles. The fourth-order valence-electron chi connectivity index (χ4n) is 3.76. The van der Waals surface area contributed by atoms with Gasteiger partial charge in [-0.15, -0.1) is 0 Å². The molecule has 2 aliphatic heterocycles. The van der Waals surface area contributed by atoms with Crippen molar-refractivity contribution in [3.05, 3.63) is 54.1 Å². The van der Waals surface area contributed by atoms with E-state index in [9.17, 15) is 9.00 Å². The molecule has 1 spiro atoms.